The van der Waals surface area contributed by atoms with Crippen LogP contribution in [0.25, 0.3) is 0 Å². The van der Waals surface area contributed by atoms with Crippen LogP contribution in [0.4, 0.5) is 26.3 Å². The first kappa shape index (κ1) is 19.1. The Balaban J connectivity index is 4.52. The summed E-state index contributed by atoms with van der Waals surface area (Å²) in [7, 11) is -3.65. The molecule has 0 aromatic heterocycles. The maximum absolute atomic E-state index is 12.1. The zero-order chi connectivity index (χ0) is 15.9. The molecule has 0 bridgehead atoms. The van der Waals surface area contributed by atoms with E-state index in [9.17, 15) is 31.1 Å². The quantitative estimate of drug-likeness (QED) is 0.227. The molecule has 11 heteroatoms. The van der Waals surface area contributed by atoms with Gasteiger partial charge in [-0.05, 0) is 19.0 Å². The minimum Gasteiger partial charge on any atom is -0.385 e. The van der Waals surface area contributed by atoms with Crippen LogP contribution in [-0.4, -0.2) is 46.8 Å². The first-order valence-electron chi connectivity index (χ1n) is 5.42. The van der Waals surface area contributed by atoms with Crippen LogP contribution in [0.1, 0.15) is 6.42 Å². The van der Waals surface area contributed by atoms with Crippen molar-refractivity contribution in [1.82, 2.24) is 0 Å². The summed E-state index contributed by atoms with van der Waals surface area (Å²) < 4.78 is 81.4. The summed E-state index contributed by atoms with van der Waals surface area (Å²) in [6.07, 6.45) is -8.02. The molecule has 0 fully saturated rings. The van der Waals surface area contributed by atoms with E-state index in [1.807, 2.05) is 0 Å². The number of rotatable bonds is 8. The minimum atomic E-state index is -4.66. The molecule has 0 aliphatic rings. The third-order valence-corrected chi connectivity index (χ3v) is 4.82. The van der Waals surface area contributed by atoms with Gasteiger partial charge in [0, 0.05) is 0 Å². The second kappa shape index (κ2) is 7.77. The number of nitrogens with zero attached hydrogens (tertiary/aromatic N) is 1. The van der Waals surface area contributed by atoms with Crippen LogP contribution in [0, 0.1) is 0 Å². The molecule has 0 aromatic rings. The van der Waals surface area contributed by atoms with Crippen LogP contribution in [0.5, 0.6) is 0 Å². The SMILES string of the molecule is C[Si](CCCN=C=O)(OCC(F)(F)F)OCC(F)(F)F. The lowest BCUT2D eigenvalue weighted by Crippen LogP contribution is -2.43. The Morgan fingerprint density at radius 1 is 1.05 bits per heavy atom. The molecule has 20 heavy (non-hydrogen) atoms. The summed E-state index contributed by atoms with van der Waals surface area (Å²) in [6, 6.07) is -0.148. The Morgan fingerprint density at radius 2 is 1.50 bits per heavy atom. The standard InChI is InChI=1S/C9H13F6NO3Si/c1-20(4-2-3-16-7-17,18-5-8(10,11)12)19-6-9(13,14)15/h2-6H2,1H3. The van der Waals surface area contributed by atoms with E-state index in [1.165, 1.54) is 6.08 Å². The first-order chi connectivity index (χ1) is 8.97. The van der Waals surface area contributed by atoms with Crippen LogP contribution in [-0.2, 0) is 13.6 Å². The number of halogens is 6. The summed E-state index contributed by atoms with van der Waals surface area (Å²) in [5.74, 6) is 0. The molecule has 0 rings (SSSR count). The van der Waals surface area contributed by atoms with Gasteiger partial charge in [0.2, 0.25) is 6.08 Å². The van der Waals surface area contributed by atoms with Gasteiger partial charge in [0.05, 0.1) is 6.54 Å². The van der Waals surface area contributed by atoms with E-state index in [4.69, 9.17) is 0 Å². The largest absolute Gasteiger partial charge is 0.410 e. The Labute approximate surface area is 112 Å². The van der Waals surface area contributed by atoms with E-state index in [0.29, 0.717) is 0 Å². The molecule has 118 valence electrons. The van der Waals surface area contributed by atoms with Crippen molar-refractivity contribution in [3.05, 3.63) is 0 Å². The summed E-state index contributed by atoms with van der Waals surface area (Å²) in [5.41, 5.74) is 0. The Hall–Kier alpha value is -0.903. The van der Waals surface area contributed by atoms with Crippen LogP contribution in [0.3, 0.4) is 0 Å². The average Bonchev–Trinajstić information content (AvgIpc) is 2.29. The van der Waals surface area contributed by atoms with Gasteiger partial charge in [0.25, 0.3) is 0 Å². The number of aliphatic imine (C=N–C) groups is 1. The van der Waals surface area contributed by atoms with Crippen molar-refractivity contribution in [3.63, 3.8) is 0 Å². The fourth-order valence-corrected chi connectivity index (χ4v) is 3.29. The molecular formula is C9H13F6NO3Si. The Morgan fingerprint density at radius 3 is 1.85 bits per heavy atom. The molecule has 0 spiro atoms. The molecule has 0 atom stereocenters. The van der Waals surface area contributed by atoms with Crippen molar-refractivity contribution in [1.29, 1.82) is 0 Å². The normalized spacial score (nSPS) is 13.2. The van der Waals surface area contributed by atoms with Crippen molar-refractivity contribution in [2.45, 2.75) is 31.4 Å². The smallest absolute Gasteiger partial charge is 0.385 e. The molecule has 0 aliphatic carbocycles. The highest BCUT2D eigenvalue weighted by Crippen LogP contribution is 2.25. The molecule has 0 heterocycles. The third-order valence-electron chi connectivity index (χ3n) is 2.05. The van der Waals surface area contributed by atoms with E-state index < -0.39 is 34.1 Å². The highest BCUT2D eigenvalue weighted by atomic mass is 28.4. The molecule has 4 nitrogen and oxygen atoms in total. The molecule has 0 unspecified atom stereocenters. The van der Waals surface area contributed by atoms with Crippen molar-refractivity contribution >= 4 is 14.6 Å². The first-order valence-corrected chi connectivity index (χ1v) is 7.95. The van der Waals surface area contributed by atoms with Crippen molar-refractivity contribution in [2.24, 2.45) is 4.99 Å². The molecular weight excluding hydrogens is 312 g/mol. The fraction of sp³-hybridized carbons (Fsp3) is 0.889. The minimum absolute atomic E-state index is 0.0587. The monoisotopic (exact) mass is 325 g/mol. The average molecular weight is 325 g/mol. The van der Waals surface area contributed by atoms with Crippen LogP contribution >= 0.6 is 0 Å². The fourth-order valence-electron chi connectivity index (χ4n) is 1.18. The lowest BCUT2D eigenvalue weighted by Gasteiger charge is -2.27. The number of carbonyl (C=O) groups excluding carboxylic acids is 1. The number of hydrogen-bond acceptors (Lipinski definition) is 4. The van der Waals surface area contributed by atoms with Gasteiger partial charge < -0.3 is 8.85 Å². The molecule has 0 N–H and O–H groups in total. The number of alkyl halides is 6. The van der Waals surface area contributed by atoms with Gasteiger partial charge in [0.1, 0.15) is 13.2 Å². The lowest BCUT2D eigenvalue weighted by molar-refractivity contribution is -0.171. The van der Waals surface area contributed by atoms with Gasteiger partial charge in [-0.15, -0.1) is 0 Å². The van der Waals surface area contributed by atoms with Crippen LogP contribution in [0.2, 0.25) is 12.6 Å². The van der Waals surface area contributed by atoms with Crippen LogP contribution < -0.4 is 0 Å². The number of hydrogen-bond donors (Lipinski definition) is 0. The summed E-state index contributed by atoms with van der Waals surface area (Å²) in [5, 5.41) is 0. The van der Waals surface area contributed by atoms with Crippen molar-refractivity contribution in [3.8, 4) is 0 Å². The van der Waals surface area contributed by atoms with Gasteiger partial charge in [-0.3, -0.25) is 0 Å². The predicted octanol–water partition coefficient (Wildman–Crippen LogP) is 2.94. The van der Waals surface area contributed by atoms with Crippen molar-refractivity contribution in [2.75, 3.05) is 19.8 Å². The highest BCUT2D eigenvalue weighted by Gasteiger charge is 2.40. The van der Waals surface area contributed by atoms with E-state index in [2.05, 4.69) is 13.8 Å². The maximum atomic E-state index is 12.1. The van der Waals surface area contributed by atoms with Gasteiger partial charge in [-0.2, -0.15) is 26.3 Å². The van der Waals surface area contributed by atoms with Crippen LogP contribution in [0.15, 0.2) is 4.99 Å². The molecule has 0 radical (unpaired) electrons. The zero-order valence-electron chi connectivity index (χ0n) is 10.5. The maximum Gasteiger partial charge on any atom is 0.410 e. The summed E-state index contributed by atoms with van der Waals surface area (Å²) in [4.78, 5) is 13.0. The predicted molar refractivity (Wildman–Crippen MR) is 58.0 cm³/mol. The molecule has 0 amide bonds. The third kappa shape index (κ3) is 11.0. The van der Waals surface area contributed by atoms with E-state index >= 15 is 0 Å². The molecule has 0 aliphatic heterocycles. The number of isocyanates is 1. The summed E-state index contributed by atoms with van der Waals surface area (Å²) in [6.45, 7) is -2.30. The van der Waals surface area contributed by atoms with Gasteiger partial charge in [-0.25, -0.2) is 9.79 Å². The second-order valence-corrected chi connectivity index (χ2v) is 7.36. The summed E-state index contributed by atoms with van der Waals surface area (Å²) >= 11 is 0. The molecule has 0 saturated carbocycles. The second-order valence-electron chi connectivity index (χ2n) is 4.02. The van der Waals surface area contributed by atoms with Gasteiger partial charge >= 0.3 is 20.9 Å². The van der Waals surface area contributed by atoms with Gasteiger partial charge in [-0.1, -0.05) is 0 Å². The van der Waals surface area contributed by atoms with E-state index in [1.54, 1.807) is 0 Å². The Bertz CT molecular complexity index is 322. The topological polar surface area (TPSA) is 47.9 Å². The van der Waals surface area contributed by atoms with Gasteiger partial charge in [0.15, 0.2) is 0 Å². The van der Waals surface area contributed by atoms with Crippen molar-refractivity contribution < 1.29 is 40.0 Å². The Kier molecular flexibility index (Phi) is 7.42. The lowest BCUT2D eigenvalue weighted by atomic mass is 10.5. The van der Waals surface area contributed by atoms with E-state index in [-0.39, 0.29) is 19.0 Å². The molecule has 0 aromatic carbocycles. The zero-order valence-corrected chi connectivity index (χ0v) is 11.5. The molecule has 0 saturated heterocycles. The highest BCUT2D eigenvalue weighted by molar-refractivity contribution is 6.66. The van der Waals surface area contributed by atoms with E-state index in [0.717, 1.165) is 6.55 Å².